The van der Waals surface area contributed by atoms with E-state index in [0.717, 1.165) is 0 Å². The smallest absolute Gasteiger partial charge is 0.185 e. The molecule has 0 radical (unpaired) electrons. The fraction of sp³-hybridized carbons (Fsp3) is 0.750. The summed E-state index contributed by atoms with van der Waals surface area (Å²) in [6.07, 6.45) is 0.531. The number of carbonyl (C=O) groups is 1. The normalized spacial score (nSPS) is 6.33. The van der Waals surface area contributed by atoms with E-state index >= 15 is 0 Å². The molecule has 0 aliphatic heterocycles. The highest BCUT2D eigenvalue weighted by Crippen LogP contribution is 1.80. The third-order valence-electron chi connectivity index (χ3n) is 0.302. The highest BCUT2D eigenvalue weighted by molar-refractivity contribution is 7.96. The molecule has 0 saturated heterocycles. The van der Waals surface area contributed by atoms with Crippen LogP contribution in [-0.2, 0) is 4.79 Å². The highest BCUT2D eigenvalue weighted by Gasteiger charge is 1.78. The summed E-state index contributed by atoms with van der Waals surface area (Å²) in [6, 6.07) is 0. The lowest BCUT2D eigenvalue weighted by molar-refractivity contribution is -0.110. The molecule has 0 aromatic carbocycles. The zero-order valence-corrected chi connectivity index (χ0v) is 3.96. The molecule has 0 atom stereocenters. The van der Waals surface area contributed by atoms with E-state index in [2.05, 4.69) is 12.6 Å². The molecule has 0 rings (SSSR count). The van der Waals surface area contributed by atoms with Crippen molar-refractivity contribution in [3.05, 3.63) is 0 Å². The molecule has 0 aromatic rings. The van der Waals surface area contributed by atoms with Gasteiger partial charge in [-0.25, -0.2) is 0 Å². The van der Waals surface area contributed by atoms with Gasteiger partial charge in [-0.1, -0.05) is 14.4 Å². The van der Waals surface area contributed by atoms with E-state index in [1.165, 1.54) is 0 Å². The van der Waals surface area contributed by atoms with Crippen molar-refractivity contribution in [2.45, 2.75) is 20.8 Å². The average Bonchev–Trinajstić information content (AvgIpc) is 1.38. The van der Waals surface area contributed by atoms with Gasteiger partial charge in [-0.3, -0.25) is 4.79 Å². The summed E-state index contributed by atoms with van der Waals surface area (Å²) in [4.78, 5) is 9.68. The van der Waals surface area contributed by atoms with Gasteiger partial charge in [0.25, 0.3) is 0 Å². The van der Waals surface area contributed by atoms with Crippen LogP contribution in [0.5, 0.6) is 0 Å². The van der Waals surface area contributed by atoms with Crippen molar-refractivity contribution in [1.82, 2.24) is 0 Å². The minimum absolute atomic E-state index is 0. The van der Waals surface area contributed by atoms with Gasteiger partial charge in [-0.2, -0.15) is 0 Å². The Morgan fingerprint density at radius 1 is 1.83 bits per heavy atom. The quantitative estimate of drug-likeness (QED) is 0.501. The summed E-state index contributed by atoms with van der Waals surface area (Å²) < 4.78 is 0. The Morgan fingerprint density at radius 3 is 2.00 bits per heavy atom. The molecule has 0 unspecified atom stereocenters. The van der Waals surface area contributed by atoms with Gasteiger partial charge in [0.2, 0.25) is 0 Å². The lowest BCUT2D eigenvalue weighted by Gasteiger charge is -1.70. The average molecular weight is 106 g/mol. The SMILES string of the molecule is C.CCC(=O)S. The Labute approximate surface area is 44.2 Å². The molecule has 0 heterocycles. The largest absolute Gasteiger partial charge is 0.288 e. The van der Waals surface area contributed by atoms with E-state index in [4.69, 9.17) is 0 Å². The Morgan fingerprint density at radius 2 is 2.00 bits per heavy atom. The second-order valence-corrected chi connectivity index (χ2v) is 1.25. The standard InChI is InChI=1S/C3H6OS.CH4/c1-2-3(4)5;/h2H2,1H3,(H,4,5);1H4. The first-order valence-electron chi connectivity index (χ1n) is 1.49. The van der Waals surface area contributed by atoms with Crippen molar-refractivity contribution in [3.8, 4) is 0 Å². The van der Waals surface area contributed by atoms with E-state index in [0.29, 0.717) is 6.42 Å². The molecule has 1 nitrogen and oxygen atoms in total. The van der Waals surface area contributed by atoms with Gasteiger partial charge in [-0.05, 0) is 0 Å². The maximum absolute atomic E-state index is 9.68. The van der Waals surface area contributed by atoms with Crippen molar-refractivity contribution in [3.63, 3.8) is 0 Å². The number of carbonyl (C=O) groups excluding carboxylic acids is 1. The van der Waals surface area contributed by atoms with Gasteiger partial charge < -0.3 is 0 Å². The molecule has 38 valence electrons. The van der Waals surface area contributed by atoms with Crippen LogP contribution in [0.3, 0.4) is 0 Å². The second-order valence-electron chi connectivity index (χ2n) is 0.747. The van der Waals surface area contributed by atoms with Crippen LogP contribution >= 0.6 is 12.6 Å². The fourth-order valence-electron chi connectivity index (χ4n) is 0. The third-order valence-corrected chi connectivity index (χ3v) is 0.619. The topological polar surface area (TPSA) is 17.1 Å². The molecule has 0 spiro atoms. The first-order valence-corrected chi connectivity index (χ1v) is 1.94. The molecule has 2 heteroatoms. The van der Waals surface area contributed by atoms with Crippen molar-refractivity contribution >= 4 is 17.7 Å². The summed E-state index contributed by atoms with van der Waals surface area (Å²) >= 11 is 3.46. The van der Waals surface area contributed by atoms with Crippen LogP contribution in [-0.4, -0.2) is 5.12 Å². The summed E-state index contributed by atoms with van der Waals surface area (Å²) in [6.45, 7) is 1.77. The summed E-state index contributed by atoms with van der Waals surface area (Å²) in [5.74, 6) is 0. The summed E-state index contributed by atoms with van der Waals surface area (Å²) in [5.41, 5.74) is 0. The Bertz CT molecular complexity index is 42.8. The van der Waals surface area contributed by atoms with E-state index in [-0.39, 0.29) is 12.5 Å². The van der Waals surface area contributed by atoms with Gasteiger partial charge >= 0.3 is 0 Å². The van der Waals surface area contributed by atoms with Crippen LogP contribution in [0.25, 0.3) is 0 Å². The van der Waals surface area contributed by atoms with Gasteiger partial charge in [0.1, 0.15) is 0 Å². The van der Waals surface area contributed by atoms with Gasteiger partial charge in [-0.15, -0.1) is 12.6 Å². The molecule has 0 amide bonds. The third kappa shape index (κ3) is 8.99. The van der Waals surface area contributed by atoms with Crippen molar-refractivity contribution in [2.75, 3.05) is 0 Å². The molecular weight excluding hydrogens is 96.1 g/mol. The number of hydrogen-bond donors (Lipinski definition) is 1. The van der Waals surface area contributed by atoms with Crippen LogP contribution in [0.2, 0.25) is 0 Å². The van der Waals surface area contributed by atoms with Crippen molar-refractivity contribution in [1.29, 1.82) is 0 Å². The predicted molar refractivity (Wildman–Crippen MR) is 31.0 cm³/mol. The van der Waals surface area contributed by atoms with E-state index < -0.39 is 0 Å². The second kappa shape index (κ2) is 5.02. The van der Waals surface area contributed by atoms with Crippen LogP contribution < -0.4 is 0 Å². The molecule has 0 N–H and O–H groups in total. The zero-order valence-electron chi connectivity index (χ0n) is 3.06. The van der Waals surface area contributed by atoms with Crippen LogP contribution in [0.15, 0.2) is 0 Å². The zero-order chi connectivity index (χ0) is 4.28. The van der Waals surface area contributed by atoms with E-state index in [9.17, 15) is 4.79 Å². The molecule has 0 aromatic heterocycles. The molecular formula is C4H10OS. The minimum Gasteiger partial charge on any atom is -0.288 e. The first kappa shape index (κ1) is 9.39. The maximum Gasteiger partial charge on any atom is 0.185 e. The number of rotatable bonds is 1. The molecule has 0 saturated carbocycles. The van der Waals surface area contributed by atoms with Gasteiger partial charge in [0, 0.05) is 6.42 Å². The Kier molecular flexibility index (Phi) is 7.85. The molecule has 0 bridgehead atoms. The van der Waals surface area contributed by atoms with Gasteiger partial charge in [0.05, 0.1) is 0 Å². The van der Waals surface area contributed by atoms with E-state index in [1.807, 2.05) is 0 Å². The predicted octanol–water partition coefficient (Wildman–Crippen LogP) is 1.49. The highest BCUT2D eigenvalue weighted by atomic mass is 32.1. The fourth-order valence-corrected chi connectivity index (χ4v) is 0. The molecule has 0 aliphatic carbocycles. The van der Waals surface area contributed by atoms with Crippen LogP contribution in [0.4, 0.5) is 0 Å². The molecule has 0 aliphatic rings. The lowest BCUT2D eigenvalue weighted by Crippen LogP contribution is -1.74. The van der Waals surface area contributed by atoms with Crippen LogP contribution in [0.1, 0.15) is 20.8 Å². The molecule has 0 fully saturated rings. The summed E-state index contributed by atoms with van der Waals surface area (Å²) in [7, 11) is 0. The summed E-state index contributed by atoms with van der Waals surface area (Å²) in [5, 5.41) is -0.0509. The van der Waals surface area contributed by atoms with Gasteiger partial charge in [0.15, 0.2) is 5.12 Å². The van der Waals surface area contributed by atoms with Crippen molar-refractivity contribution in [2.24, 2.45) is 0 Å². The maximum atomic E-state index is 9.68. The molecule has 6 heavy (non-hydrogen) atoms. The first-order chi connectivity index (χ1) is 2.27. The Balaban J connectivity index is 0. The van der Waals surface area contributed by atoms with Crippen LogP contribution in [0, 0.1) is 0 Å². The monoisotopic (exact) mass is 106 g/mol. The van der Waals surface area contributed by atoms with Crippen molar-refractivity contribution < 1.29 is 4.79 Å². The number of hydrogen-bond acceptors (Lipinski definition) is 1. The minimum atomic E-state index is -0.0509. The Hall–Kier alpha value is 0.0200. The van der Waals surface area contributed by atoms with E-state index in [1.54, 1.807) is 6.92 Å². The number of thiol groups is 1. The lowest BCUT2D eigenvalue weighted by atomic mass is 10.6.